The van der Waals surface area contributed by atoms with Crippen LogP contribution in [0.15, 0.2) is 48.5 Å². The molecule has 1 amide bonds. The number of nitrogens with two attached hydrogens (primary N) is 1. The lowest BCUT2D eigenvalue weighted by molar-refractivity contribution is 0.0914. The number of halogens is 2. The summed E-state index contributed by atoms with van der Waals surface area (Å²) in [7, 11) is 0. The Balaban J connectivity index is 2.05. The van der Waals surface area contributed by atoms with Gasteiger partial charge in [0, 0.05) is 22.7 Å². The lowest BCUT2D eigenvalue weighted by atomic mass is 9.99. The third-order valence-corrected chi connectivity index (χ3v) is 5.38. The molecule has 3 aromatic rings. The van der Waals surface area contributed by atoms with Gasteiger partial charge in [0.25, 0.3) is 5.91 Å². The maximum Gasteiger partial charge on any atom is 0.268 e. The fourth-order valence-corrected chi connectivity index (χ4v) is 4.06. The van der Waals surface area contributed by atoms with E-state index in [1.807, 2.05) is 35.8 Å². The van der Waals surface area contributed by atoms with Gasteiger partial charge < -0.3 is 15.6 Å². The summed E-state index contributed by atoms with van der Waals surface area (Å²) in [5.41, 5.74) is 10.2. The highest BCUT2D eigenvalue weighted by Crippen LogP contribution is 2.41. The zero-order valence-corrected chi connectivity index (χ0v) is 16.3. The van der Waals surface area contributed by atoms with Crippen molar-refractivity contribution in [1.29, 1.82) is 0 Å². The molecule has 2 aromatic carbocycles. The standard InChI is InChI=1S/C22H21ClFN3O/c1-13-3-2-4-14(9-13)21-18(17-10-15(23)5-6-19(17)24)11-20-22(28)26-12-16(7-8-25)27(20)21/h2-6,9-11,16H,7-8,12,25H2,1H3,(H,26,28). The predicted molar refractivity (Wildman–Crippen MR) is 110 cm³/mol. The predicted octanol–water partition coefficient (Wildman–Crippen LogP) is 4.56. The van der Waals surface area contributed by atoms with E-state index in [2.05, 4.69) is 5.32 Å². The van der Waals surface area contributed by atoms with Crippen molar-refractivity contribution in [2.24, 2.45) is 5.73 Å². The maximum atomic E-state index is 14.7. The van der Waals surface area contributed by atoms with Crippen molar-refractivity contribution in [3.05, 3.63) is 70.6 Å². The molecule has 1 atom stereocenters. The third kappa shape index (κ3) is 3.21. The molecule has 0 radical (unpaired) electrons. The minimum Gasteiger partial charge on any atom is -0.349 e. The van der Waals surface area contributed by atoms with Crippen LogP contribution in [0.4, 0.5) is 4.39 Å². The van der Waals surface area contributed by atoms with E-state index >= 15 is 0 Å². The summed E-state index contributed by atoms with van der Waals surface area (Å²) in [5.74, 6) is -0.548. The van der Waals surface area contributed by atoms with E-state index in [-0.39, 0.29) is 17.8 Å². The molecule has 1 aliphatic rings. The number of nitrogens with zero attached hydrogens (tertiary/aromatic N) is 1. The molecule has 28 heavy (non-hydrogen) atoms. The van der Waals surface area contributed by atoms with Crippen molar-refractivity contribution < 1.29 is 9.18 Å². The highest BCUT2D eigenvalue weighted by atomic mass is 35.5. The maximum absolute atomic E-state index is 14.7. The quantitative estimate of drug-likeness (QED) is 0.678. The smallest absolute Gasteiger partial charge is 0.268 e. The minimum absolute atomic E-state index is 0.00390. The Morgan fingerprint density at radius 2 is 2.04 bits per heavy atom. The van der Waals surface area contributed by atoms with Gasteiger partial charge in [-0.2, -0.15) is 0 Å². The van der Waals surface area contributed by atoms with Crippen LogP contribution in [0.25, 0.3) is 22.4 Å². The lowest BCUT2D eigenvalue weighted by Gasteiger charge is -2.28. The van der Waals surface area contributed by atoms with Gasteiger partial charge in [-0.3, -0.25) is 4.79 Å². The topological polar surface area (TPSA) is 60.0 Å². The normalized spacial score (nSPS) is 16.0. The average Bonchev–Trinajstić information content (AvgIpc) is 3.07. The Hall–Kier alpha value is -2.63. The highest BCUT2D eigenvalue weighted by molar-refractivity contribution is 6.30. The van der Waals surface area contributed by atoms with E-state index < -0.39 is 0 Å². The van der Waals surface area contributed by atoms with Crippen LogP contribution in [0.1, 0.15) is 28.5 Å². The second-order valence-corrected chi connectivity index (χ2v) is 7.53. The number of rotatable bonds is 4. The summed E-state index contributed by atoms with van der Waals surface area (Å²) in [4.78, 5) is 12.6. The summed E-state index contributed by atoms with van der Waals surface area (Å²) in [6, 6.07) is 14.2. The molecule has 1 aromatic heterocycles. The number of hydrogen-bond donors (Lipinski definition) is 2. The Kier molecular flexibility index (Phi) is 4.96. The number of carbonyl (C=O) groups is 1. The molecule has 3 N–H and O–H groups in total. The van der Waals surface area contributed by atoms with Crippen LogP contribution < -0.4 is 11.1 Å². The first kappa shape index (κ1) is 18.7. The number of aromatic nitrogens is 1. The average molecular weight is 398 g/mol. The van der Waals surface area contributed by atoms with E-state index in [1.54, 1.807) is 12.1 Å². The number of fused-ring (bicyclic) bond motifs is 1. The molecule has 0 fully saturated rings. The second kappa shape index (κ2) is 7.41. The summed E-state index contributed by atoms with van der Waals surface area (Å²) in [6.45, 7) is 2.99. The van der Waals surface area contributed by atoms with Gasteiger partial charge in [0.2, 0.25) is 0 Å². The highest BCUT2D eigenvalue weighted by Gasteiger charge is 2.31. The van der Waals surface area contributed by atoms with Crippen LogP contribution in [0.5, 0.6) is 0 Å². The van der Waals surface area contributed by atoms with E-state index in [4.69, 9.17) is 17.3 Å². The van der Waals surface area contributed by atoms with Gasteiger partial charge in [-0.25, -0.2) is 4.39 Å². The van der Waals surface area contributed by atoms with Crippen molar-refractivity contribution >= 4 is 17.5 Å². The molecule has 0 saturated heterocycles. The van der Waals surface area contributed by atoms with Crippen LogP contribution in [-0.4, -0.2) is 23.6 Å². The first-order chi connectivity index (χ1) is 13.5. The van der Waals surface area contributed by atoms with Crippen LogP contribution in [0.2, 0.25) is 5.02 Å². The van der Waals surface area contributed by atoms with E-state index in [0.29, 0.717) is 41.4 Å². The Morgan fingerprint density at radius 3 is 2.79 bits per heavy atom. The first-order valence-corrected chi connectivity index (χ1v) is 9.63. The molecule has 0 bridgehead atoms. The summed E-state index contributed by atoms with van der Waals surface area (Å²) in [6.07, 6.45) is 0.707. The van der Waals surface area contributed by atoms with Crippen molar-refractivity contribution in [3.8, 4) is 22.4 Å². The fourth-order valence-electron chi connectivity index (χ4n) is 3.89. The molecule has 0 spiro atoms. The summed E-state index contributed by atoms with van der Waals surface area (Å²) < 4.78 is 16.8. The van der Waals surface area contributed by atoms with Gasteiger partial charge >= 0.3 is 0 Å². The monoisotopic (exact) mass is 397 g/mol. The van der Waals surface area contributed by atoms with Gasteiger partial charge in [-0.1, -0.05) is 35.4 Å². The Morgan fingerprint density at radius 1 is 1.21 bits per heavy atom. The van der Waals surface area contributed by atoms with Gasteiger partial charge in [-0.05, 0) is 55.8 Å². The zero-order valence-electron chi connectivity index (χ0n) is 15.5. The third-order valence-electron chi connectivity index (χ3n) is 5.14. The van der Waals surface area contributed by atoms with E-state index in [9.17, 15) is 9.18 Å². The molecular weight excluding hydrogens is 377 g/mol. The van der Waals surface area contributed by atoms with Gasteiger partial charge in [0.15, 0.2) is 0 Å². The van der Waals surface area contributed by atoms with Crippen LogP contribution >= 0.6 is 11.6 Å². The van der Waals surface area contributed by atoms with Crippen molar-refractivity contribution in [3.63, 3.8) is 0 Å². The van der Waals surface area contributed by atoms with Crippen molar-refractivity contribution in [2.75, 3.05) is 13.1 Å². The molecule has 1 aliphatic heterocycles. The first-order valence-electron chi connectivity index (χ1n) is 9.25. The SMILES string of the molecule is Cc1cccc(-c2c(-c3cc(Cl)ccc3F)cc3n2C(CCN)CNC3=O)c1. The van der Waals surface area contributed by atoms with Gasteiger partial charge in [0.05, 0.1) is 11.7 Å². The number of aryl methyl sites for hydroxylation is 1. The van der Waals surface area contributed by atoms with Crippen LogP contribution in [0.3, 0.4) is 0 Å². The van der Waals surface area contributed by atoms with Crippen molar-refractivity contribution in [2.45, 2.75) is 19.4 Å². The van der Waals surface area contributed by atoms with Gasteiger partial charge in [0.1, 0.15) is 11.5 Å². The van der Waals surface area contributed by atoms with Gasteiger partial charge in [-0.15, -0.1) is 0 Å². The number of amides is 1. The molecule has 4 nitrogen and oxygen atoms in total. The minimum atomic E-state index is -0.378. The zero-order chi connectivity index (χ0) is 19.8. The van der Waals surface area contributed by atoms with Crippen LogP contribution in [0, 0.1) is 12.7 Å². The second-order valence-electron chi connectivity index (χ2n) is 7.10. The number of carbonyl (C=O) groups excluding carboxylic acids is 1. The van der Waals surface area contributed by atoms with Crippen LogP contribution in [-0.2, 0) is 0 Å². The molecule has 4 rings (SSSR count). The fraction of sp³-hybridized carbons (Fsp3) is 0.227. The molecule has 144 valence electrons. The number of nitrogens with one attached hydrogen (secondary N) is 1. The lowest BCUT2D eigenvalue weighted by Crippen LogP contribution is -2.39. The summed E-state index contributed by atoms with van der Waals surface area (Å²) >= 11 is 6.15. The van der Waals surface area contributed by atoms with E-state index in [0.717, 1.165) is 16.8 Å². The Bertz CT molecular complexity index is 1060. The largest absolute Gasteiger partial charge is 0.349 e. The summed E-state index contributed by atoms with van der Waals surface area (Å²) in [5, 5.41) is 3.36. The van der Waals surface area contributed by atoms with Crippen molar-refractivity contribution in [1.82, 2.24) is 9.88 Å². The molecule has 1 unspecified atom stereocenters. The molecule has 0 aliphatic carbocycles. The Labute approximate surface area is 168 Å². The number of benzene rings is 2. The molecular formula is C22H21ClFN3O. The molecule has 0 saturated carbocycles. The molecule has 6 heteroatoms. The van der Waals surface area contributed by atoms with E-state index in [1.165, 1.54) is 12.1 Å². The number of hydrogen-bond acceptors (Lipinski definition) is 2. The molecule has 2 heterocycles.